The standard InChI is InChI=1S/C10H11ClN4/c1-12-6-8-5-10(13-7-9(8)11)15-4-2-3-14-15/h2-5,7,12H,6H2,1H3. The number of hydrogen-bond acceptors (Lipinski definition) is 3. The zero-order valence-corrected chi connectivity index (χ0v) is 9.07. The average Bonchev–Trinajstić information content (AvgIpc) is 2.75. The zero-order chi connectivity index (χ0) is 10.7. The molecule has 15 heavy (non-hydrogen) atoms. The van der Waals surface area contributed by atoms with E-state index in [9.17, 15) is 0 Å². The van der Waals surface area contributed by atoms with Crippen LogP contribution in [0.1, 0.15) is 5.56 Å². The maximum absolute atomic E-state index is 6.00. The van der Waals surface area contributed by atoms with Crippen LogP contribution in [0.5, 0.6) is 0 Å². The molecule has 1 N–H and O–H groups in total. The molecule has 78 valence electrons. The van der Waals surface area contributed by atoms with Crippen LogP contribution in [0, 0.1) is 0 Å². The van der Waals surface area contributed by atoms with Crippen LogP contribution in [0.2, 0.25) is 5.02 Å². The highest BCUT2D eigenvalue weighted by atomic mass is 35.5. The third-order valence-electron chi connectivity index (χ3n) is 2.03. The van der Waals surface area contributed by atoms with Gasteiger partial charge in [0.25, 0.3) is 0 Å². The van der Waals surface area contributed by atoms with Crippen LogP contribution in [0.4, 0.5) is 0 Å². The largest absolute Gasteiger partial charge is 0.316 e. The molecule has 0 aliphatic heterocycles. The lowest BCUT2D eigenvalue weighted by Crippen LogP contribution is -2.07. The van der Waals surface area contributed by atoms with Crippen LogP contribution in [0.25, 0.3) is 5.82 Å². The number of nitrogens with one attached hydrogen (secondary N) is 1. The van der Waals surface area contributed by atoms with Crippen molar-refractivity contribution in [3.63, 3.8) is 0 Å². The number of aromatic nitrogens is 3. The molecule has 5 heteroatoms. The Balaban J connectivity index is 2.38. The Kier molecular flexibility index (Phi) is 2.99. The topological polar surface area (TPSA) is 42.7 Å². The van der Waals surface area contributed by atoms with Crippen molar-refractivity contribution in [2.75, 3.05) is 7.05 Å². The maximum Gasteiger partial charge on any atom is 0.153 e. The van der Waals surface area contributed by atoms with Crippen LogP contribution in [0.15, 0.2) is 30.7 Å². The Morgan fingerprint density at radius 1 is 1.53 bits per heavy atom. The molecule has 0 radical (unpaired) electrons. The first-order chi connectivity index (χ1) is 7.31. The van der Waals surface area contributed by atoms with E-state index in [0.717, 1.165) is 17.9 Å². The van der Waals surface area contributed by atoms with E-state index in [1.165, 1.54) is 0 Å². The summed E-state index contributed by atoms with van der Waals surface area (Å²) in [6, 6.07) is 3.78. The number of halogens is 1. The summed E-state index contributed by atoms with van der Waals surface area (Å²) in [5.74, 6) is 0.773. The van der Waals surface area contributed by atoms with Gasteiger partial charge in [0.05, 0.1) is 5.02 Å². The Morgan fingerprint density at radius 2 is 2.40 bits per heavy atom. The fraction of sp³-hybridized carbons (Fsp3) is 0.200. The predicted molar refractivity (Wildman–Crippen MR) is 59.1 cm³/mol. The van der Waals surface area contributed by atoms with E-state index >= 15 is 0 Å². The molecule has 0 aliphatic carbocycles. The molecule has 4 nitrogen and oxygen atoms in total. The molecule has 0 atom stereocenters. The van der Waals surface area contributed by atoms with Gasteiger partial charge in [-0.3, -0.25) is 0 Å². The normalized spacial score (nSPS) is 10.5. The molecule has 0 spiro atoms. The average molecular weight is 223 g/mol. The van der Waals surface area contributed by atoms with Crippen molar-refractivity contribution in [2.24, 2.45) is 0 Å². The summed E-state index contributed by atoms with van der Waals surface area (Å²) in [5, 5.41) is 7.83. The predicted octanol–water partition coefficient (Wildman–Crippen LogP) is 1.64. The summed E-state index contributed by atoms with van der Waals surface area (Å²) >= 11 is 6.00. The molecular weight excluding hydrogens is 212 g/mol. The number of nitrogens with zero attached hydrogens (tertiary/aromatic N) is 3. The van der Waals surface area contributed by atoms with Gasteiger partial charge < -0.3 is 5.32 Å². The van der Waals surface area contributed by atoms with Gasteiger partial charge in [0, 0.05) is 25.1 Å². The van der Waals surface area contributed by atoms with Crippen LogP contribution in [0.3, 0.4) is 0 Å². The quantitative estimate of drug-likeness (QED) is 0.859. The zero-order valence-electron chi connectivity index (χ0n) is 8.31. The summed E-state index contributed by atoms with van der Waals surface area (Å²) in [7, 11) is 1.88. The molecular formula is C10H11ClN4. The van der Waals surface area contributed by atoms with E-state index < -0.39 is 0 Å². The first-order valence-corrected chi connectivity index (χ1v) is 4.98. The summed E-state index contributed by atoms with van der Waals surface area (Å²) in [6.45, 7) is 0.718. The first kappa shape index (κ1) is 10.1. The van der Waals surface area contributed by atoms with Gasteiger partial charge in [-0.1, -0.05) is 11.6 Å². The third kappa shape index (κ3) is 2.16. The Morgan fingerprint density at radius 3 is 3.07 bits per heavy atom. The van der Waals surface area contributed by atoms with E-state index in [2.05, 4.69) is 15.4 Å². The molecule has 2 aromatic heterocycles. The van der Waals surface area contributed by atoms with Gasteiger partial charge in [-0.2, -0.15) is 5.10 Å². The van der Waals surface area contributed by atoms with Crippen LogP contribution in [-0.4, -0.2) is 21.8 Å². The van der Waals surface area contributed by atoms with Crippen molar-refractivity contribution in [1.29, 1.82) is 0 Å². The highest BCUT2D eigenvalue weighted by molar-refractivity contribution is 6.31. The molecule has 0 bridgehead atoms. The van der Waals surface area contributed by atoms with Gasteiger partial charge in [0.1, 0.15) is 0 Å². The SMILES string of the molecule is CNCc1cc(-n2cccn2)ncc1Cl. The highest BCUT2D eigenvalue weighted by Crippen LogP contribution is 2.16. The lowest BCUT2D eigenvalue weighted by atomic mass is 10.2. The van der Waals surface area contributed by atoms with Crippen molar-refractivity contribution in [3.8, 4) is 5.82 Å². The maximum atomic E-state index is 6.00. The molecule has 2 rings (SSSR count). The summed E-state index contributed by atoms with van der Waals surface area (Å²) < 4.78 is 1.70. The monoisotopic (exact) mass is 222 g/mol. The van der Waals surface area contributed by atoms with E-state index in [1.54, 1.807) is 17.1 Å². The smallest absolute Gasteiger partial charge is 0.153 e. The van der Waals surface area contributed by atoms with E-state index in [-0.39, 0.29) is 0 Å². The Hall–Kier alpha value is -1.39. The van der Waals surface area contributed by atoms with Gasteiger partial charge in [-0.25, -0.2) is 9.67 Å². The molecule has 0 aliphatic rings. The fourth-order valence-corrected chi connectivity index (χ4v) is 1.49. The second kappa shape index (κ2) is 4.42. The van der Waals surface area contributed by atoms with Crippen molar-refractivity contribution < 1.29 is 0 Å². The van der Waals surface area contributed by atoms with E-state index in [1.807, 2.05) is 25.4 Å². The molecule has 0 unspecified atom stereocenters. The summed E-state index contributed by atoms with van der Waals surface area (Å²) in [6.07, 6.45) is 5.21. The molecule has 0 saturated heterocycles. The number of pyridine rings is 1. The molecule has 2 aromatic rings. The Labute approximate surface area is 92.9 Å². The fourth-order valence-electron chi connectivity index (χ4n) is 1.32. The minimum atomic E-state index is 0.667. The number of hydrogen-bond donors (Lipinski definition) is 1. The minimum Gasteiger partial charge on any atom is -0.316 e. The van der Waals surface area contributed by atoms with Gasteiger partial charge >= 0.3 is 0 Å². The molecule has 0 aromatic carbocycles. The van der Waals surface area contributed by atoms with Crippen LogP contribution < -0.4 is 5.32 Å². The molecule has 0 saturated carbocycles. The van der Waals surface area contributed by atoms with Crippen molar-refractivity contribution in [2.45, 2.75) is 6.54 Å². The van der Waals surface area contributed by atoms with Gasteiger partial charge in [0.2, 0.25) is 0 Å². The van der Waals surface area contributed by atoms with Crippen molar-refractivity contribution >= 4 is 11.6 Å². The van der Waals surface area contributed by atoms with Gasteiger partial charge in [0.15, 0.2) is 5.82 Å². The van der Waals surface area contributed by atoms with E-state index in [4.69, 9.17) is 11.6 Å². The molecule has 2 heterocycles. The van der Waals surface area contributed by atoms with Crippen LogP contribution in [-0.2, 0) is 6.54 Å². The van der Waals surface area contributed by atoms with Gasteiger partial charge in [-0.15, -0.1) is 0 Å². The van der Waals surface area contributed by atoms with Crippen molar-refractivity contribution in [1.82, 2.24) is 20.1 Å². The number of rotatable bonds is 3. The summed E-state index contributed by atoms with van der Waals surface area (Å²) in [5.41, 5.74) is 1.01. The lowest BCUT2D eigenvalue weighted by molar-refractivity contribution is 0.801. The lowest BCUT2D eigenvalue weighted by Gasteiger charge is -2.06. The Bertz CT molecular complexity index is 439. The third-order valence-corrected chi connectivity index (χ3v) is 2.37. The molecule has 0 fully saturated rings. The van der Waals surface area contributed by atoms with Crippen molar-refractivity contribution in [3.05, 3.63) is 41.3 Å². The second-order valence-corrected chi connectivity index (χ2v) is 3.52. The molecule has 0 amide bonds. The second-order valence-electron chi connectivity index (χ2n) is 3.11. The minimum absolute atomic E-state index is 0.667. The van der Waals surface area contributed by atoms with Crippen LogP contribution >= 0.6 is 11.6 Å². The highest BCUT2D eigenvalue weighted by Gasteiger charge is 2.03. The van der Waals surface area contributed by atoms with Gasteiger partial charge in [-0.05, 0) is 24.7 Å². The van der Waals surface area contributed by atoms with E-state index in [0.29, 0.717) is 5.02 Å². The summed E-state index contributed by atoms with van der Waals surface area (Å²) in [4.78, 5) is 4.20. The first-order valence-electron chi connectivity index (χ1n) is 4.60.